The van der Waals surface area contributed by atoms with Crippen LogP contribution in [-0.4, -0.2) is 39.1 Å². The van der Waals surface area contributed by atoms with Gasteiger partial charge in [0.2, 0.25) is 0 Å². The number of hydrogen-bond donors (Lipinski definition) is 1. The standard InChI is InChI=1S/C22H24F3NO4/c1-4-18(14-28-2)26-21(27)17-9-12-20(29-3)16(13-17)8-5-15-6-10-19(11-7-15)30-22(23,24)25/h5-13,18H,4,14H2,1-3H3,(H,26,27). The molecule has 0 heterocycles. The highest BCUT2D eigenvalue weighted by Crippen LogP contribution is 2.25. The van der Waals surface area contributed by atoms with E-state index in [0.29, 0.717) is 29.0 Å². The van der Waals surface area contributed by atoms with Crippen molar-refractivity contribution in [3.8, 4) is 11.5 Å². The van der Waals surface area contributed by atoms with Crippen LogP contribution in [0, 0.1) is 0 Å². The van der Waals surface area contributed by atoms with Crippen LogP contribution in [0.2, 0.25) is 0 Å². The van der Waals surface area contributed by atoms with Crippen LogP contribution in [-0.2, 0) is 4.74 Å². The first-order valence-electron chi connectivity index (χ1n) is 9.27. The number of halogens is 3. The number of rotatable bonds is 9. The maximum atomic E-state index is 12.5. The van der Waals surface area contributed by atoms with E-state index in [1.54, 1.807) is 37.5 Å². The van der Waals surface area contributed by atoms with Crippen LogP contribution < -0.4 is 14.8 Å². The molecule has 0 saturated carbocycles. The van der Waals surface area contributed by atoms with Gasteiger partial charge < -0.3 is 19.5 Å². The van der Waals surface area contributed by atoms with E-state index in [2.05, 4.69) is 10.1 Å². The van der Waals surface area contributed by atoms with Crippen molar-refractivity contribution >= 4 is 18.1 Å². The summed E-state index contributed by atoms with van der Waals surface area (Å²) in [6, 6.07) is 10.4. The first-order chi connectivity index (χ1) is 14.3. The monoisotopic (exact) mass is 423 g/mol. The Hall–Kier alpha value is -3.00. The minimum atomic E-state index is -4.73. The normalized spacial score (nSPS) is 12.6. The SMILES string of the molecule is CCC(COC)NC(=O)c1ccc(OC)c(C=Cc2ccc(OC(F)(F)F)cc2)c1. The Kier molecular flexibility index (Phi) is 8.29. The van der Waals surface area contributed by atoms with Crippen LogP contribution in [0.15, 0.2) is 42.5 Å². The molecule has 1 N–H and O–H groups in total. The molecule has 0 saturated heterocycles. The zero-order valence-corrected chi connectivity index (χ0v) is 17.0. The summed E-state index contributed by atoms with van der Waals surface area (Å²) >= 11 is 0. The molecule has 0 spiro atoms. The van der Waals surface area contributed by atoms with Crippen molar-refractivity contribution in [2.45, 2.75) is 25.7 Å². The van der Waals surface area contributed by atoms with E-state index in [1.165, 1.54) is 31.4 Å². The minimum Gasteiger partial charge on any atom is -0.496 e. The number of methoxy groups -OCH3 is 2. The molecule has 30 heavy (non-hydrogen) atoms. The third-order valence-electron chi connectivity index (χ3n) is 4.26. The molecule has 0 bridgehead atoms. The lowest BCUT2D eigenvalue weighted by atomic mass is 10.1. The molecule has 2 aromatic carbocycles. The van der Waals surface area contributed by atoms with E-state index >= 15 is 0 Å². The minimum absolute atomic E-state index is 0.0963. The van der Waals surface area contributed by atoms with Gasteiger partial charge in [-0.05, 0) is 42.3 Å². The first kappa shape index (κ1) is 23.3. The summed E-state index contributed by atoms with van der Waals surface area (Å²) in [5.41, 5.74) is 1.77. The molecule has 1 unspecified atom stereocenters. The Morgan fingerprint density at radius 1 is 1.10 bits per heavy atom. The Balaban J connectivity index is 2.18. The predicted molar refractivity (Wildman–Crippen MR) is 108 cm³/mol. The van der Waals surface area contributed by atoms with Crippen LogP contribution in [0.1, 0.15) is 34.8 Å². The van der Waals surface area contributed by atoms with E-state index in [0.717, 1.165) is 6.42 Å². The quantitative estimate of drug-likeness (QED) is 0.582. The smallest absolute Gasteiger partial charge is 0.496 e. The molecular weight excluding hydrogens is 399 g/mol. The Morgan fingerprint density at radius 2 is 1.80 bits per heavy atom. The van der Waals surface area contributed by atoms with Crippen molar-refractivity contribution in [1.29, 1.82) is 0 Å². The summed E-state index contributed by atoms with van der Waals surface area (Å²) in [6.45, 7) is 2.37. The molecule has 8 heteroatoms. The number of amides is 1. The molecule has 1 amide bonds. The lowest BCUT2D eigenvalue weighted by Crippen LogP contribution is -2.37. The van der Waals surface area contributed by atoms with E-state index in [4.69, 9.17) is 9.47 Å². The highest BCUT2D eigenvalue weighted by molar-refractivity contribution is 5.95. The lowest BCUT2D eigenvalue weighted by Gasteiger charge is -2.16. The number of carbonyl (C=O) groups is 1. The van der Waals surface area contributed by atoms with Gasteiger partial charge >= 0.3 is 6.36 Å². The van der Waals surface area contributed by atoms with Crippen molar-refractivity contribution in [1.82, 2.24) is 5.32 Å². The molecule has 162 valence electrons. The third-order valence-corrected chi connectivity index (χ3v) is 4.26. The van der Waals surface area contributed by atoms with E-state index < -0.39 is 6.36 Å². The molecule has 0 aromatic heterocycles. The first-order valence-corrected chi connectivity index (χ1v) is 9.27. The van der Waals surface area contributed by atoms with Gasteiger partial charge in [-0.1, -0.05) is 31.2 Å². The number of alkyl halides is 3. The Morgan fingerprint density at radius 3 is 2.37 bits per heavy atom. The van der Waals surface area contributed by atoms with Crippen molar-refractivity contribution in [3.63, 3.8) is 0 Å². The van der Waals surface area contributed by atoms with E-state index in [-0.39, 0.29) is 17.7 Å². The maximum absolute atomic E-state index is 12.5. The molecule has 0 radical (unpaired) electrons. The summed E-state index contributed by atoms with van der Waals surface area (Å²) < 4.78 is 51.0. The van der Waals surface area contributed by atoms with Gasteiger partial charge in [0.15, 0.2) is 0 Å². The van der Waals surface area contributed by atoms with Gasteiger partial charge in [-0.2, -0.15) is 0 Å². The molecular formula is C22H24F3NO4. The van der Waals surface area contributed by atoms with Crippen LogP contribution >= 0.6 is 0 Å². The van der Waals surface area contributed by atoms with Crippen molar-refractivity contribution in [2.24, 2.45) is 0 Å². The molecule has 0 aliphatic rings. The van der Waals surface area contributed by atoms with Gasteiger partial charge in [0.1, 0.15) is 11.5 Å². The number of hydrogen-bond acceptors (Lipinski definition) is 4. The fourth-order valence-corrected chi connectivity index (χ4v) is 2.70. The second-order valence-electron chi connectivity index (χ2n) is 6.44. The number of benzene rings is 2. The third kappa shape index (κ3) is 7.11. The average Bonchev–Trinajstić information content (AvgIpc) is 2.71. The van der Waals surface area contributed by atoms with Gasteiger partial charge in [0.05, 0.1) is 19.8 Å². The van der Waals surface area contributed by atoms with Crippen LogP contribution in [0.25, 0.3) is 12.2 Å². The number of ether oxygens (including phenoxy) is 3. The predicted octanol–water partition coefficient (Wildman–Crippen LogP) is 4.92. The fraction of sp³-hybridized carbons (Fsp3) is 0.318. The Bertz CT molecular complexity index is 864. The number of nitrogens with one attached hydrogen (secondary N) is 1. The summed E-state index contributed by atoms with van der Waals surface area (Å²) in [6.07, 6.45) is -0.569. The highest BCUT2D eigenvalue weighted by atomic mass is 19.4. The highest BCUT2D eigenvalue weighted by Gasteiger charge is 2.30. The van der Waals surface area contributed by atoms with Crippen molar-refractivity contribution < 1.29 is 32.2 Å². The summed E-state index contributed by atoms with van der Waals surface area (Å²) in [5, 5.41) is 2.91. The van der Waals surface area contributed by atoms with Crippen molar-refractivity contribution in [3.05, 3.63) is 59.2 Å². The fourth-order valence-electron chi connectivity index (χ4n) is 2.70. The molecule has 1 atom stereocenters. The molecule has 2 aromatic rings. The molecule has 0 fully saturated rings. The summed E-state index contributed by atoms with van der Waals surface area (Å²) in [7, 11) is 3.09. The van der Waals surface area contributed by atoms with Gasteiger partial charge in [-0.3, -0.25) is 4.79 Å². The Labute approximate surface area is 173 Å². The second kappa shape index (κ2) is 10.7. The lowest BCUT2D eigenvalue weighted by molar-refractivity contribution is -0.274. The largest absolute Gasteiger partial charge is 0.573 e. The van der Waals surface area contributed by atoms with Gasteiger partial charge in [0.25, 0.3) is 5.91 Å². The van der Waals surface area contributed by atoms with Gasteiger partial charge in [-0.25, -0.2) is 0 Å². The van der Waals surface area contributed by atoms with Crippen LogP contribution in [0.5, 0.6) is 11.5 Å². The molecule has 0 aliphatic carbocycles. The van der Waals surface area contributed by atoms with Crippen molar-refractivity contribution in [2.75, 3.05) is 20.8 Å². The molecule has 5 nitrogen and oxygen atoms in total. The second-order valence-corrected chi connectivity index (χ2v) is 6.44. The molecule has 0 aliphatic heterocycles. The summed E-state index contributed by atoms with van der Waals surface area (Å²) in [4.78, 5) is 12.5. The van der Waals surface area contributed by atoms with E-state index in [1.807, 2.05) is 6.92 Å². The average molecular weight is 423 g/mol. The zero-order valence-electron chi connectivity index (χ0n) is 17.0. The zero-order chi connectivity index (χ0) is 22.1. The van der Waals surface area contributed by atoms with Gasteiger partial charge in [0, 0.05) is 18.2 Å². The van der Waals surface area contributed by atoms with Crippen LogP contribution in [0.3, 0.4) is 0 Å². The number of carbonyl (C=O) groups excluding carboxylic acids is 1. The topological polar surface area (TPSA) is 56.8 Å². The summed E-state index contributed by atoms with van der Waals surface area (Å²) in [5.74, 6) is 0.0334. The molecule has 2 rings (SSSR count). The van der Waals surface area contributed by atoms with Crippen LogP contribution in [0.4, 0.5) is 13.2 Å². The maximum Gasteiger partial charge on any atom is 0.573 e. The van der Waals surface area contributed by atoms with E-state index in [9.17, 15) is 18.0 Å². The van der Waals surface area contributed by atoms with Gasteiger partial charge in [-0.15, -0.1) is 13.2 Å².